The van der Waals surface area contributed by atoms with Gasteiger partial charge in [-0.05, 0) is 37.9 Å². The fourth-order valence-electron chi connectivity index (χ4n) is 2.49. The Morgan fingerprint density at radius 3 is 2.94 bits per heavy atom. The van der Waals surface area contributed by atoms with Gasteiger partial charge in [0, 0.05) is 19.0 Å². The monoisotopic (exact) mass is 217 g/mol. The van der Waals surface area contributed by atoms with Gasteiger partial charge in [0.2, 0.25) is 0 Å². The summed E-state index contributed by atoms with van der Waals surface area (Å²) in [6.07, 6.45) is 2.76. The van der Waals surface area contributed by atoms with Crippen LogP contribution in [-0.2, 0) is 11.2 Å². The van der Waals surface area contributed by atoms with E-state index in [9.17, 15) is 4.79 Å². The zero-order valence-electron chi connectivity index (χ0n) is 10.1. The average Bonchev–Trinajstić information content (AvgIpc) is 2.27. The second-order valence-electron chi connectivity index (χ2n) is 4.69. The van der Waals surface area contributed by atoms with Crippen LogP contribution in [0.1, 0.15) is 36.9 Å². The standard InChI is InChI=1S/C14H19NO/c1-11(16)7-8-14-13-6-4-3-5-12(13)9-10-15(14)2/h3-6,14H,7-10H2,1-2H3. The molecule has 1 unspecified atom stereocenters. The zero-order chi connectivity index (χ0) is 11.5. The number of ketones is 1. The molecule has 1 heterocycles. The maximum absolute atomic E-state index is 11.1. The third-order valence-corrected chi connectivity index (χ3v) is 3.45. The molecule has 0 radical (unpaired) electrons. The summed E-state index contributed by atoms with van der Waals surface area (Å²) in [7, 11) is 2.15. The van der Waals surface area contributed by atoms with Crippen LogP contribution < -0.4 is 0 Å². The van der Waals surface area contributed by atoms with Crippen LogP contribution in [0.15, 0.2) is 24.3 Å². The maximum atomic E-state index is 11.1. The molecular formula is C14H19NO. The van der Waals surface area contributed by atoms with Crippen LogP contribution in [0.2, 0.25) is 0 Å². The fraction of sp³-hybridized carbons (Fsp3) is 0.500. The molecule has 0 spiro atoms. The second kappa shape index (κ2) is 4.79. The van der Waals surface area contributed by atoms with E-state index in [1.165, 1.54) is 11.1 Å². The third-order valence-electron chi connectivity index (χ3n) is 3.45. The molecule has 2 rings (SSSR count). The average molecular weight is 217 g/mol. The van der Waals surface area contributed by atoms with E-state index in [1.54, 1.807) is 6.92 Å². The van der Waals surface area contributed by atoms with Crippen LogP contribution in [0.25, 0.3) is 0 Å². The van der Waals surface area contributed by atoms with Gasteiger partial charge in [-0.3, -0.25) is 4.90 Å². The number of hydrogen-bond donors (Lipinski definition) is 0. The van der Waals surface area contributed by atoms with Crippen LogP contribution in [0.5, 0.6) is 0 Å². The molecule has 0 aliphatic carbocycles. The van der Waals surface area contributed by atoms with E-state index < -0.39 is 0 Å². The minimum absolute atomic E-state index is 0.288. The molecule has 16 heavy (non-hydrogen) atoms. The first-order valence-electron chi connectivity index (χ1n) is 5.96. The second-order valence-corrected chi connectivity index (χ2v) is 4.69. The molecule has 0 fully saturated rings. The number of hydrogen-bond acceptors (Lipinski definition) is 2. The van der Waals surface area contributed by atoms with E-state index in [1.807, 2.05) is 0 Å². The highest BCUT2D eigenvalue weighted by Crippen LogP contribution is 2.31. The van der Waals surface area contributed by atoms with Gasteiger partial charge in [-0.15, -0.1) is 0 Å². The lowest BCUT2D eigenvalue weighted by Gasteiger charge is -2.34. The van der Waals surface area contributed by atoms with Crippen LogP contribution in [-0.4, -0.2) is 24.3 Å². The number of nitrogens with zero attached hydrogens (tertiary/aromatic N) is 1. The van der Waals surface area contributed by atoms with Gasteiger partial charge in [0.25, 0.3) is 0 Å². The summed E-state index contributed by atoms with van der Waals surface area (Å²) >= 11 is 0. The number of carbonyl (C=O) groups excluding carboxylic acids is 1. The molecule has 0 saturated heterocycles. The molecular weight excluding hydrogens is 198 g/mol. The van der Waals surface area contributed by atoms with Gasteiger partial charge in [-0.25, -0.2) is 0 Å². The summed E-state index contributed by atoms with van der Waals surface area (Å²) in [5, 5.41) is 0. The highest BCUT2D eigenvalue weighted by atomic mass is 16.1. The van der Waals surface area contributed by atoms with E-state index in [0.717, 1.165) is 19.4 Å². The lowest BCUT2D eigenvalue weighted by atomic mass is 9.90. The van der Waals surface area contributed by atoms with Gasteiger partial charge in [0.1, 0.15) is 5.78 Å². The number of fused-ring (bicyclic) bond motifs is 1. The number of benzene rings is 1. The smallest absolute Gasteiger partial charge is 0.129 e. The Bertz CT molecular complexity index is 386. The molecule has 1 aromatic rings. The maximum Gasteiger partial charge on any atom is 0.129 e. The van der Waals surface area contributed by atoms with Crippen molar-refractivity contribution in [3.8, 4) is 0 Å². The number of carbonyl (C=O) groups is 1. The normalized spacial score (nSPS) is 20.5. The molecule has 0 bridgehead atoms. The van der Waals surface area contributed by atoms with Crippen molar-refractivity contribution < 1.29 is 4.79 Å². The zero-order valence-corrected chi connectivity index (χ0v) is 10.1. The van der Waals surface area contributed by atoms with Crippen molar-refractivity contribution in [3.63, 3.8) is 0 Å². The molecule has 2 nitrogen and oxygen atoms in total. The van der Waals surface area contributed by atoms with Crippen LogP contribution in [0, 0.1) is 0 Å². The number of likely N-dealkylation sites (N-methyl/N-ethyl adjacent to an activating group) is 1. The Labute approximate surface area is 97.3 Å². The van der Waals surface area contributed by atoms with E-state index in [0.29, 0.717) is 12.5 Å². The molecule has 0 N–H and O–H groups in total. The third kappa shape index (κ3) is 2.33. The Hall–Kier alpha value is -1.15. The van der Waals surface area contributed by atoms with Gasteiger partial charge in [0.05, 0.1) is 0 Å². The highest BCUT2D eigenvalue weighted by molar-refractivity contribution is 5.75. The van der Waals surface area contributed by atoms with E-state index in [-0.39, 0.29) is 5.78 Å². The molecule has 0 aromatic heterocycles. The SMILES string of the molecule is CC(=O)CCC1c2ccccc2CCN1C. The summed E-state index contributed by atoms with van der Waals surface area (Å²) in [5.74, 6) is 0.288. The summed E-state index contributed by atoms with van der Waals surface area (Å²) in [4.78, 5) is 13.5. The molecule has 2 heteroatoms. The van der Waals surface area contributed by atoms with E-state index in [4.69, 9.17) is 0 Å². The van der Waals surface area contributed by atoms with Gasteiger partial charge < -0.3 is 4.79 Å². The summed E-state index contributed by atoms with van der Waals surface area (Å²) < 4.78 is 0. The van der Waals surface area contributed by atoms with Gasteiger partial charge >= 0.3 is 0 Å². The minimum atomic E-state index is 0.288. The largest absolute Gasteiger partial charge is 0.300 e. The summed E-state index contributed by atoms with van der Waals surface area (Å²) in [6, 6.07) is 9.04. The molecule has 1 aliphatic heterocycles. The predicted octanol–water partition coefficient (Wildman–Crippen LogP) is 2.58. The first kappa shape index (κ1) is 11.3. The van der Waals surface area contributed by atoms with Crippen molar-refractivity contribution in [1.29, 1.82) is 0 Å². The predicted molar refractivity (Wildman–Crippen MR) is 65.4 cm³/mol. The molecule has 1 aliphatic rings. The molecule has 0 saturated carbocycles. The van der Waals surface area contributed by atoms with Crippen LogP contribution in [0.3, 0.4) is 0 Å². The fourth-order valence-corrected chi connectivity index (χ4v) is 2.49. The Morgan fingerprint density at radius 1 is 1.44 bits per heavy atom. The van der Waals surface area contributed by atoms with E-state index in [2.05, 4.69) is 36.2 Å². The van der Waals surface area contributed by atoms with Crippen molar-refractivity contribution in [2.24, 2.45) is 0 Å². The Balaban J connectivity index is 2.19. The number of Topliss-reactive ketones (excluding diaryl/α,β-unsaturated/α-hetero) is 1. The lowest BCUT2D eigenvalue weighted by molar-refractivity contribution is -0.117. The van der Waals surface area contributed by atoms with Crippen LogP contribution >= 0.6 is 0 Å². The van der Waals surface area contributed by atoms with Crippen molar-refractivity contribution in [3.05, 3.63) is 35.4 Å². The van der Waals surface area contributed by atoms with Crippen molar-refractivity contribution in [1.82, 2.24) is 4.90 Å². The topological polar surface area (TPSA) is 20.3 Å². The molecule has 86 valence electrons. The highest BCUT2D eigenvalue weighted by Gasteiger charge is 2.23. The Morgan fingerprint density at radius 2 is 2.19 bits per heavy atom. The van der Waals surface area contributed by atoms with Crippen molar-refractivity contribution >= 4 is 5.78 Å². The van der Waals surface area contributed by atoms with Gasteiger partial charge in [-0.2, -0.15) is 0 Å². The molecule has 1 aromatic carbocycles. The van der Waals surface area contributed by atoms with Gasteiger partial charge in [-0.1, -0.05) is 24.3 Å². The molecule has 1 atom stereocenters. The van der Waals surface area contributed by atoms with Gasteiger partial charge in [0.15, 0.2) is 0 Å². The number of rotatable bonds is 3. The van der Waals surface area contributed by atoms with Crippen molar-refractivity contribution in [2.75, 3.05) is 13.6 Å². The molecule has 0 amide bonds. The summed E-state index contributed by atoms with van der Waals surface area (Å²) in [5.41, 5.74) is 2.87. The van der Waals surface area contributed by atoms with Crippen LogP contribution in [0.4, 0.5) is 0 Å². The first-order chi connectivity index (χ1) is 7.68. The van der Waals surface area contributed by atoms with E-state index >= 15 is 0 Å². The Kier molecular flexibility index (Phi) is 3.39. The minimum Gasteiger partial charge on any atom is -0.300 e. The first-order valence-corrected chi connectivity index (χ1v) is 5.96. The lowest BCUT2D eigenvalue weighted by Crippen LogP contribution is -2.32. The summed E-state index contributed by atoms with van der Waals surface area (Å²) in [6.45, 7) is 2.77. The van der Waals surface area contributed by atoms with Crippen molar-refractivity contribution in [2.45, 2.75) is 32.2 Å². The quantitative estimate of drug-likeness (QED) is 0.775.